The molecule has 0 aromatic heterocycles. The molecule has 0 spiro atoms. The predicted octanol–water partition coefficient (Wildman–Crippen LogP) is 3.08. The molecule has 0 heterocycles. The van der Waals surface area contributed by atoms with Crippen LogP contribution in [0.1, 0.15) is 11.1 Å². The molecule has 1 N–H and O–H groups in total. The van der Waals surface area contributed by atoms with Gasteiger partial charge >= 0.3 is 0 Å². The lowest BCUT2D eigenvalue weighted by Gasteiger charge is -2.18. The van der Waals surface area contributed by atoms with Gasteiger partial charge in [0.15, 0.2) is 0 Å². The molecule has 0 atom stereocenters. The Hall–Kier alpha value is -2.13. The van der Waals surface area contributed by atoms with E-state index in [0.717, 1.165) is 9.87 Å². The highest BCUT2D eigenvalue weighted by atomic mass is 35.5. The van der Waals surface area contributed by atoms with Crippen LogP contribution in [0.4, 0.5) is 0 Å². The molecule has 1 amide bonds. The summed E-state index contributed by atoms with van der Waals surface area (Å²) in [5.41, 5.74) is 3.57. The summed E-state index contributed by atoms with van der Waals surface area (Å²) in [6, 6.07) is 9.61. The minimum atomic E-state index is -3.93. The fourth-order valence-electron chi connectivity index (χ4n) is 2.26. The fraction of sp³-hybridized carbons (Fsp3) is 0.222. The van der Waals surface area contributed by atoms with Crippen molar-refractivity contribution in [2.75, 3.05) is 20.7 Å². The Kier molecular flexibility index (Phi) is 7.42. The Morgan fingerprint density at radius 1 is 1.25 bits per heavy atom. The van der Waals surface area contributed by atoms with E-state index in [0.29, 0.717) is 15.6 Å². The Bertz CT molecular complexity index is 1010. The van der Waals surface area contributed by atoms with E-state index in [-0.39, 0.29) is 10.6 Å². The smallest absolute Gasteiger partial charge is 0.255 e. The average Bonchev–Trinajstić information content (AvgIpc) is 2.63. The van der Waals surface area contributed by atoms with Gasteiger partial charge < -0.3 is 4.74 Å². The fourth-order valence-corrected chi connectivity index (χ4v) is 4.08. The van der Waals surface area contributed by atoms with Crippen LogP contribution in [-0.2, 0) is 14.8 Å². The van der Waals surface area contributed by atoms with Crippen molar-refractivity contribution in [2.24, 2.45) is 5.10 Å². The van der Waals surface area contributed by atoms with Crippen molar-refractivity contribution in [3.8, 4) is 5.75 Å². The number of sulfonamides is 1. The van der Waals surface area contributed by atoms with E-state index in [4.69, 9.17) is 27.9 Å². The van der Waals surface area contributed by atoms with Gasteiger partial charge in [0.2, 0.25) is 10.0 Å². The maximum absolute atomic E-state index is 12.8. The number of likely N-dealkylation sites (N-methyl/N-ethyl adjacent to an activating group) is 1. The third kappa shape index (κ3) is 5.45. The number of benzene rings is 2. The zero-order valence-corrected chi connectivity index (χ0v) is 17.8. The number of hydrazone groups is 1. The van der Waals surface area contributed by atoms with Gasteiger partial charge in [0, 0.05) is 17.6 Å². The molecule has 0 aliphatic heterocycles. The highest BCUT2D eigenvalue weighted by molar-refractivity contribution is 7.89. The van der Waals surface area contributed by atoms with Crippen LogP contribution in [0.2, 0.25) is 10.0 Å². The summed E-state index contributed by atoms with van der Waals surface area (Å²) in [5.74, 6) is -0.410. The van der Waals surface area contributed by atoms with Crippen molar-refractivity contribution in [3.63, 3.8) is 0 Å². The number of ether oxygens (including phenoxy) is 1. The van der Waals surface area contributed by atoms with E-state index in [1.54, 1.807) is 37.3 Å². The van der Waals surface area contributed by atoms with Crippen LogP contribution in [0, 0.1) is 6.92 Å². The second-order valence-electron chi connectivity index (χ2n) is 5.87. The average molecular weight is 444 g/mol. The number of hydrogen-bond donors (Lipinski definition) is 1. The Balaban J connectivity index is 2.07. The quantitative estimate of drug-likeness (QED) is 0.525. The number of nitrogens with zero attached hydrogens (tertiary/aromatic N) is 2. The summed E-state index contributed by atoms with van der Waals surface area (Å²) in [6.45, 7) is 1.34. The van der Waals surface area contributed by atoms with E-state index in [2.05, 4.69) is 10.5 Å². The molecule has 0 aliphatic carbocycles. The van der Waals surface area contributed by atoms with Gasteiger partial charge in [-0.05, 0) is 36.8 Å². The zero-order valence-electron chi connectivity index (χ0n) is 15.4. The third-order valence-corrected chi connectivity index (χ3v) is 6.12. The molecule has 2 aromatic rings. The van der Waals surface area contributed by atoms with Gasteiger partial charge in [0.25, 0.3) is 5.91 Å². The molecule has 0 unspecified atom stereocenters. The lowest BCUT2D eigenvalue weighted by atomic mass is 10.2. The first-order valence-electron chi connectivity index (χ1n) is 8.03. The Morgan fingerprint density at radius 3 is 2.61 bits per heavy atom. The van der Waals surface area contributed by atoms with Gasteiger partial charge in [-0.3, -0.25) is 4.79 Å². The SMILES string of the molecule is COc1ccc(C)cc1S(=O)(=O)N(C)CC(=O)N/N=C/c1ccc(Cl)cc1Cl. The predicted molar refractivity (Wildman–Crippen MR) is 110 cm³/mol. The minimum absolute atomic E-state index is 0.0123. The Morgan fingerprint density at radius 2 is 1.96 bits per heavy atom. The van der Waals surface area contributed by atoms with E-state index in [1.807, 2.05) is 0 Å². The standard InChI is InChI=1S/C18H19Cl2N3O4S/c1-12-4-7-16(27-3)17(8-12)28(25,26)23(2)11-18(24)22-21-10-13-5-6-14(19)9-15(13)20/h4-10H,11H2,1-3H3,(H,22,24)/b21-10+. The summed E-state index contributed by atoms with van der Waals surface area (Å²) in [5, 5.41) is 4.64. The second-order valence-corrected chi connectivity index (χ2v) is 8.73. The third-order valence-electron chi connectivity index (χ3n) is 3.73. The van der Waals surface area contributed by atoms with Crippen molar-refractivity contribution < 1.29 is 17.9 Å². The molecule has 28 heavy (non-hydrogen) atoms. The highest BCUT2D eigenvalue weighted by Crippen LogP contribution is 2.27. The van der Waals surface area contributed by atoms with Crippen molar-refractivity contribution in [1.29, 1.82) is 0 Å². The van der Waals surface area contributed by atoms with Crippen molar-refractivity contribution in [3.05, 3.63) is 57.6 Å². The molecule has 2 rings (SSSR count). The molecule has 0 bridgehead atoms. The van der Waals surface area contributed by atoms with E-state index in [9.17, 15) is 13.2 Å². The van der Waals surface area contributed by atoms with Crippen molar-refractivity contribution >= 4 is 45.3 Å². The van der Waals surface area contributed by atoms with Crippen LogP contribution >= 0.6 is 23.2 Å². The Labute approximate surface area is 173 Å². The largest absolute Gasteiger partial charge is 0.495 e. The lowest BCUT2D eigenvalue weighted by molar-refractivity contribution is -0.121. The monoisotopic (exact) mass is 443 g/mol. The van der Waals surface area contributed by atoms with Gasteiger partial charge in [0.1, 0.15) is 10.6 Å². The maximum atomic E-state index is 12.8. The molecule has 10 heteroatoms. The van der Waals surface area contributed by atoms with Gasteiger partial charge in [-0.1, -0.05) is 35.3 Å². The summed E-state index contributed by atoms with van der Waals surface area (Å²) < 4.78 is 31.6. The van der Waals surface area contributed by atoms with Crippen LogP contribution in [0.15, 0.2) is 46.4 Å². The number of halogens is 2. The van der Waals surface area contributed by atoms with Gasteiger partial charge in [0.05, 0.1) is 24.9 Å². The molecule has 0 radical (unpaired) electrons. The van der Waals surface area contributed by atoms with Crippen LogP contribution < -0.4 is 10.2 Å². The number of carbonyl (C=O) groups is 1. The van der Waals surface area contributed by atoms with Crippen LogP contribution in [0.5, 0.6) is 5.75 Å². The number of aryl methyl sites for hydroxylation is 1. The second kappa shape index (κ2) is 9.38. The topological polar surface area (TPSA) is 88.1 Å². The number of hydrogen-bond acceptors (Lipinski definition) is 5. The van der Waals surface area contributed by atoms with Gasteiger partial charge in [-0.15, -0.1) is 0 Å². The first kappa shape index (κ1) is 22.2. The van der Waals surface area contributed by atoms with E-state index < -0.39 is 22.5 Å². The van der Waals surface area contributed by atoms with Crippen molar-refractivity contribution in [1.82, 2.24) is 9.73 Å². The summed E-state index contributed by atoms with van der Waals surface area (Å²) >= 11 is 11.8. The molecular weight excluding hydrogens is 425 g/mol. The van der Waals surface area contributed by atoms with Gasteiger partial charge in [-0.25, -0.2) is 13.8 Å². The first-order chi connectivity index (χ1) is 13.1. The number of methoxy groups -OCH3 is 1. The zero-order chi connectivity index (χ0) is 20.9. The van der Waals surface area contributed by atoms with Crippen LogP contribution in [-0.4, -0.2) is 45.5 Å². The van der Waals surface area contributed by atoms with E-state index in [1.165, 1.54) is 26.4 Å². The first-order valence-corrected chi connectivity index (χ1v) is 10.2. The number of amides is 1. The van der Waals surface area contributed by atoms with E-state index >= 15 is 0 Å². The molecule has 0 fully saturated rings. The molecule has 150 valence electrons. The van der Waals surface area contributed by atoms with Crippen LogP contribution in [0.25, 0.3) is 0 Å². The molecular formula is C18H19Cl2N3O4S. The molecule has 0 saturated heterocycles. The normalized spacial score (nSPS) is 11.8. The lowest BCUT2D eigenvalue weighted by Crippen LogP contribution is -2.36. The van der Waals surface area contributed by atoms with Crippen LogP contribution in [0.3, 0.4) is 0 Å². The summed E-state index contributed by atoms with van der Waals surface area (Å²) in [6.07, 6.45) is 1.34. The molecule has 7 nitrogen and oxygen atoms in total. The number of carbonyl (C=O) groups excluding carboxylic acids is 1. The van der Waals surface area contributed by atoms with Gasteiger partial charge in [-0.2, -0.15) is 9.41 Å². The highest BCUT2D eigenvalue weighted by Gasteiger charge is 2.26. The summed E-state index contributed by atoms with van der Waals surface area (Å²) in [4.78, 5) is 12.1. The minimum Gasteiger partial charge on any atom is -0.495 e. The van der Waals surface area contributed by atoms with Crippen molar-refractivity contribution in [2.45, 2.75) is 11.8 Å². The molecule has 0 saturated carbocycles. The molecule has 2 aromatic carbocycles. The molecule has 0 aliphatic rings. The number of nitrogens with one attached hydrogen (secondary N) is 1. The summed E-state index contributed by atoms with van der Waals surface area (Å²) in [7, 11) is -1.24. The number of rotatable bonds is 7. The maximum Gasteiger partial charge on any atom is 0.255 e.